The number of carbonyl (C=O) groups excluding carboxylic acids is 1. The highest BCUT2D eigenvalue weighted by Gasteiger charge is 2.25. The minimum absolute atomic E-state index is 0.141. The van der Waals surface area contributed by atoms with Gasteiger partial charge in [0.1, 0.15) is 0 Å². The highest BCUT2D eigenvalue weighted by atomic mass is 35.5. The van der Waals surface area contributed by atoms with Crippen molar-refractivity contribution in [3.8, 4) is 11.1 Å². The third-order valence-electron chi connectivity index (χ3n) is 4.56. The summed E-state index contributed by atoms with van der Waals surface area (Å²) in [7, 11) is 0. The molecule has 3 aromatic rings. The molecular formula is C18H18ClN5O2. The van der Waals surface area contributed by atoms with Gasteiger partial charge in [0.05, 0.1) is 30.2 Å². The van der Waals surface area contributed by atoms with Crippen molar-refractivity contribution in [3.05, 3.63) is 46.4 Å². The van der Waals surface area contributed by atoms with Crippen molar-refractivity contribution in [2.24, 2.45) is 0 Å². The van der Waals surface area contributed by atoms with Crippen molar-refractivity contribution in [3.63, 3.8) is 0 Å². The molecule has 1 amide bonds. The lowest BCUT2D eigenvalue weighted by molar-refractivity contribution is 0.0297. The Morgan fingerprint density at radius 1 is 1.19 bits per heavy atom. The van der Waals surface area contributed by atoms with Crippen molar-refractivity contribution in [1.29, 1.82) is 0 Å². The average molecular weight is 372 g/mol. The van der Waals surface area contributed by atoms with Gasteiger partial charge in [-0.25, -0.2) is 4.52 Å². The third-order valence-corrected chi connectivity index (χ3v) is 4.79. The molecule has 1 aromatic carbocycles. The molecule has 0 unspecified atom stereocenters. The molecule has 1 aliphatic rings. The Bertz CT molecular complexity index is 995. The Morgan fingerprint density at radius 2 is 1.96 bits per heavy atom. The molecule has 134 valence electrons. The van der Waals surface area contributed by atoms with Crippen molar-refractivity contribution in [2.45, 2.75) is 13.8 Å². The molecule has 3 heterocycles. The maximum atomic E-state index is 12.8. The van der Waals surface area contributed by atoms with Crippen LogP contribution in [0.2, 0.25) is 5.02 Å². The van der Waals surface area contributed by atoms with E-state index in [0.717, 1.165) is 16.8 Å². The van der Waals surface area contributed by atoms with Gasteiger partial charge < -0.3 is 9.64 Å². The molecule has 0 spiro atoms. The molecular weight excluding hydrogens is 354 g/mol. The van der Waals surface area contributed by atoms with Crippen molar-refractivity contribution in [2.75, 3.05) is 26.3 Å². The third kappa shape index (κ3) is 2.83. The van der Waals surface area contributed by atoms with Gasteiger partial charge in [0.2, 0.25) is 0 Å². The van der Waals surface area contributed by atoms with Crippen LogP contribution in [0, 0.1) is 13.8 Å². The lowest BCUT2D eigenvalue weighted by Crippen LogP contribution is -2.41. The zero-order valence-electron chi connectivity index (χ0n) is 14.6. The number of amides is 1. The van der Waals surface area contributed by atoms with E-state index in [1.165, 1.54) is 0 Å². The van der Waals surface area contributed by atoms with E-state index in [1.54, 1.807) is 9.42 Å². The second-order valence-electron chi connectivity index (χ2n) is 6.24. The quantitative estimate of drug-likeness (QED) is 0.692. The predicted molar refractivity (Wildman–Crippen MR) is 97.4 cm³/mol. The number of aryl methyl sites for hydroxylation is 2. The molecule has 0 radical (unpaired) electrons. The van der Waals surface area contributed by atoms with Crippen LogP contribution < -0.4 is 0 Å². The van der Waals surface area contributed by atoms with Crippen LogP contribution in [0.1, 0.15) is 21.9 Å². The van der Waals surface area contributed by atoms with Crippen LogP contribution in [-0.4, -0.2) is 56.9 Å². The van der Waals surface area contributed by atoms with E-state index >= 15 is 0 Å². The number of halogens is 1. The fourth-order valence-electron chi connectivity index (χ4n) is 3.21. The number of ether oxygens (including phenoxy) is 1. The van der Waals surface area contributed by atoms with Crippen LogP contribution in [0.3, 0.4) is 0 Å². The van der Waals surface area contributed by atoms with E-state index in [4.69, 9.17) is 16.3 Å². The molecule has 1 aliphatic heterocycles. The largest absolute Gasteiger partial charge is 0.378 e. The number of fused-ring (bicyclic) bond motifs is 1. The topological polar surface area (TPSA) is 72.6 Å². The first-order valence-corrected chi connectivity index (χ1v) is 8.79. The minimum Gasteiger partial charge on any atom is -0.378 e. The second-order valence-corrected chi connectivity index (χ2v) is 6.68. The van der Waals surface area contributed by atoms with Gasteiger partial charge in [-0.3, -0.25) is 4.79 Å². The first-order valence-electron chi connectivity index (χ1n) is 8.42. The van der Waals surface area contributed by atoms with Gasteiger partial charge in [-0.05, 0) is 31.5 Å². The smallest absolute Gasteiger partial charge is 0.276 e. The van der Waals surface area contributed by atoms with Gasteiger partial charge >= 0.3 is 0 Å². The first kappa shape index (κ1) is 16.9. The van der Waals surface area contributed by atoms with Crippen molar-refractivity contribution >= 4 is 23.2 Å². The van der Waals surface area contributed by atoms with Gasteiger partial charge in [-0.2, -0.15) is 5.10 Å². The Balaban J connectivity index is 1.81. The van der Waals surface area contributed by atoms with Crippen LogP contribution in [0.15, 0.2) is 24.3 Å². The molecule has 26 heavy (non-hydrogen) atoms. The zero-order valence-corrected chi connectivity index (χ0v) is 15.3. The number of carbonyl (C=O) groups is 1. The molecule has 1 saturated heterocycles. The molecule has 0 atom stereocenters. The van der Waals surface area contributed by atoms with E-state index in [0.29, 0.717) is 48.4 Å². The Morgan fingerprint density at radius 3 is 2.69 bits per heavy atom. The van der Waals surface area contributed by atoms with Crippen LogP contribution in [-0.2, 0) is 4.74 Å². The van der Waals surface area contributed by atoms with E-state index < -0.39 is 0 Å². The average Bonchev–Trinajstić information content (AvgIpc) is 2.99. The normalized spacial score (nSPS) is 14.8. The number of hydrogen-bond acceptors (Lipinski definition) is 5. The minimum atomic E-state index is -0.141. The van der Waals surface area contributed by atoms with E-state index in [9.17, 15) is 4.79 Å². The maximum absolute atomic E-state index is 12.8. The molecule has 4 rings (SSSR count). The lowest BCUT2D eigenvalue weighted by Gasteiger charge is -2.26. The van der Waals surface area contributed by atoms with Crippen LogP contribution >= 0.6 is 11.6 Å². The molecule has 8 heteroatoms. The number of nitrogens with zero attached hydrogens (tertiary/aromatic N) is 5. The molecule has 0 saturated carbocycles. The fraction of sp³-hybridized carbons (Fsp3) is 0.333. The van der Waals surface area contributed by atoms with Gasteiger partial charge in [-0.15, -0.1) is 10.2 Å². The molecule has 0 bridgehead atoms. The Kier molecular flexibility index (Phi) is 4.34. The number of benzene rings is 1. The van der Waals surface area contributed by atoms with Crippen LogP contribution in [0.25, 0.3) is 16.8 Å². The summed E-state index contributed by atoms with van der Waals surface area (Å²) in [5.74, 6) is -0.141. The van der Waals surface area contributed by atoms with Crippen molar-refractivity contribution in [1.82, 2.24) is 24.7 Å². The lowest BCUT2D eigenvalue weighted by atomic mass is 10.1. The molecule has 2 aromatic heterocycles. The SMILES string of the molecule is Cc1nn2c(C)c(C(=O)N3CCOCC3)nnc2c1-c1cccc(Cl)c1. The fourth-order valence-corrected chi connectivity index (χ4v) is 3.40. The van der Waals surface area contributed by atoms with Gasteiger partial charge in [0.15, 0.2) is 11.3 Å². The van der Waals surface area contributed by atoms with Gasteiger partial charge in [0, 0.05) is 18.1 Å². The van der Waals surface area contributed by atoms with Crippen molar-refractivity contribution < 1.29 is 9.53 Å². The summed E-state index contributed by atoms with van der Waals surface area (Å²) in [4.78, 5) is 14.5. The van der Waals surface area contributed by atoms with E-state index in [2.05, 4.69) is 15.3 Å². The number of morpholine rings is 1. The summed E-state index contributed by atoms with van der Waals surface area (Å²) in [5.41, 5.74) is 4.20. The van der Waals surface area contributed by atoms with Crippen LogP contribution in [0.5, 0.6) is 0 Å². The summed E-state index contributed by atoms with van der Waals surface area (Å²) < 4.78 is 6.99. The zero-order chi connectivity index (χ0) is 18.3. The van der Waals surface area contributed by atoms with Gasteiger partial charge in [0.25, 0.3) is 5.91 Å². The standard InChI is InChI=1S/C18H18ClN5O2/c1-11-15(13-4-3-5-14(19)10-13)17-21-20-16(12(2)24(17)22-11)18(25)23-6-8-26-9-7-23/h3-5,10H,6-9H2,1-2H3. The summed E-state index contributed by atoms with van der Waals surface area (Å²) in [5, 5.41) is 13.8. The summed E-state index contributed by atoms with van der Waals surface area (Å²) in [6.07, 6.45) is 0. The number of aromatic nitrogens is 4. The molecule has 0 aliphatic carbocycles. The van der Waals surface area contributed by atoms with Crippen LogP contribution in [0.4, 0.5) is 0 Å². The highest BCUT2D eigenvalue weighted by Crippen LogP contribution is 2.29. The Labute approximate surface area is 155 Å². The maximum Gasteiger partial charge on any atom is 0.276 e. The monoisotopic (exact) mass is 371 g/mol. The summed E-state index contributed by atoms with van der Waals surface area (Å²) >= 11 is 6.13. The number of hydrogen-bond donors (Lipinski definition) is 0. The van der Waals surface area contributed by atoms with E-state index in [1.807, 2.05) is 38.1 Å². The van der Waals surface area contributed by atoms with E-state index in [-0.39, 0.29) is 5.91 Å². The number of rotatable bonds is 2. The molecule has 0 N–H and O–H groups in total. The summed E-state index contributed by atoms with van der Waals surface area (Å²) in [6, 6.07) is 7.54. The summed E-state index contributed by atoms with van der Waals surface area (Å²) in [6.45, 7) is 5.95. The van der Waals surface area contributed by atoms with Gasteiger partial charge in [-0.1, -0.05) is 23.7 Å². The highest BCUT2D eigenvalue weighted by molar-refractivity contribution is 6.30. The molecule has 1 fully saturated rings. The second kappa shape index (κ2) is 6.66. The Hall–Kier alpha value is -2.51. The predicted octanol–water partition coefficient (Wildman–Crippen LogP) is 2.53. The first-order chi connectivity index (χ1) is 12.6. The molecule has 7 nitrogen and oxygen atoms in total.